The topological polar surface area (TPSA) is 38.7 Å². The molecule has 0 amide bonds. The van der Waals surface area contributed by atoms with Crippen LogP contribution in [0, 0.1) is 13.8 Å². The summed E-state index contributed by atoms with van der Waals surface area (Å²) in [5.41, 5.74) is 3.75. The third-order valence-electron chi connectivity index (χ3n) is 3.48. The maximum absolute atomic E-state index is 4.69. The second-order valence-corrected chi connectivity index (χ2v) is 7.67. The van der Waals surface area contributed by atoms with Crippen LogP contribution in [0.15, 0.2) is 42.9 Å². The molecule has 0 saturated carbocycles. The minimum atomic E-state index is 0.868. The zero-order valence-corrected chi connectivity index (χ0v) is 13.8. The fraction of sp³-hybridized carbons (Fsp3) is 0.118. The lowest BCUT2D eigenvalue weighted by Crippen LogP contribution is -1.92. The van der Waals surface area contributed by atoms with Gasteiger partial charge < -0.3 is 0 Å². The summed E-state index contributed by atoms with van der Waals surface area (Å²) < 4.78 is 0. The molecular weight excluding hydrogens is 310 g/mol. The molecule has 22 heavy (non-hydrogen) atoms. The minimum absolute atomic E-state index is 0.868. The molecule has 0 bridgehead atoms. The molecule has 4 rings (SSSR count). The average Bonchev–Trinajstić information content (AvgIpc) is 3.15. The van der Waals surface area contributed by atoms with Gasteiger partial charge in [-0.05, 0) is 38.1 Å². The van der Waals surface area contributed by atoms with Gasteiger partial charge in [-0.3, -0.25) is 15.0 Å². The van der Waals surface area contributed by atoms with Crippen LogP contribution in [0.1, 0.15) is 9.75 Å². The lowest BCUT2D eigenvalue weighted by atomic mass is 10.1. The molecule has 0 atom stereocenters. The predicted octanol–water partition coefficient (Wildman–Crippen LogP) is 5.10. The number of rotatable bonds is 2. The average molecular weight is 323 g/mol. The zero-order chi connectivity index (χ0) is 15.1. The fourth-order valence-corrected chi connectivity index (χ4v) is 4.20. The maximum Gasteiger partial charge on any atom is 0.116 e. The predicted molar refractivity (Wildman–Crippen MR) is 93.4 cm³/mol. The molecule has 5 heteroatoms. The van der Waals surface area contributed by atoms with Gasteiger partial charge in [-0.15, -0.1) is 22.7 Å². The molecule has 0 unspecified atom stereocenters. The van der Waals surface area contributed by atoms with Crippen molar-refractivity contribution >= 4 is 33.7 Å². The van der Waals surface area contributed by atoms with Crippen molar-refractivity contribution in [2.75, 3.05) is 0 Å². The highest BCUT2D eigenvalue weighted by Gasteiger charge is 2.14. The number of nitrogens with zero attached hydrogens (tertiary/aromatic N) is 3. The number of aryl methyl sites for hydroxylation is 2. The Kier molecular flexibility index (Phi) is 3.24. The molecule has 0 radical (unpaired) electrons. The van der Waals surface area contributed by atoms with Crippen molar-refractivity contribution in [3.63, 3.8) is 0 Å². The Bertz CT molecular complexity index is 890. The summed E-state index contributed by atoms with van der Waals surface area (Å²) >= 11 is 3.49. The first kappa shape index (κ1) is 13.5. The van der Waals surface area contributed by atoms with Crippen LogP contribution in [-0.2, 0) is 0 Å². The molecule has 3 nitrogen and oxygen atoms in total. The van der Waals surface area contributed by atoms with Gasteiger partial charge in [0.05, 0.1) is 4.88 Å². The summed E-state index contributed by atoms with van der Waals surface area (Å²) in [5, 5.41) is 0. The summed E-state index contributed by atoms with van der Waals surface area (Å²) in [6, 6.07) is 8.46. The van der Waals surface area contributed by atoms with E-state index >= 15 is 0 Å². The van der Waals surface area contributed by atoms with Gasteiger partial charge in [0.1, 0.15) is 16.7 Å². The smallest absolute Gasteiger partial charge is 0.116 e. The van der Waals surface area contributed by atoms with Crippen LogP contribution >= 0.6 is 22.7 Å². The molecule has 0 N–H and O–H groups in total. The highest BCUT2D eigenvalue weighted by molar-refractivity contribution is 7.15. The molecule has 0 saturated heterocycles. The number of pyridine rings is 1. The second kappa shape index (κ2) is 5.26. The van der Waals surface area contributed by atoms with Crippen molar-refractivity contribution in [2.45, 2.75) is 13.8 Å². The van der Waals surface area contributed by atoms with Crippen LogP contribution in [0.5, 0.6) is 0 Å². The number of fused-ring (bicyclic) bond motifs is 1. The van der Waals surface area contributed by atoms with Gasteiger partial charge >= 0.3 is 0 Å². The van der Waals surface area contributed by atoms with Gasteiger partial charge in [0.15, 0.2) is 0 Å². The first-order valence-electron chi connectivity index (χ1n) is 6.96. The van der Waals surface area contributed by atoms with Crippen molar-refractivity contribution in [3.8, 4) is 21.0 Å². The van der Waals surface area contributed by atoms with E-state index in [9.17, 15) is 0 Å². The SMILES string of the molecule is Cc1ccc(-c2cnc(-c3ccc(C)s3)c3nccnc23)s1. The molecule has 4 aromatic rings. The summed E-state index contributed by atoms with van der Waals surface area (Å²) in [6.07, 6.45) is 5.40. The Morgan fingerprint density at radius 3 is 2.00 bits per heavy atom. The Morgan fingerprint density at radius 1 is 0.727 bits per heavy atom. The Morgan fingerprint density at radius 2 is 1.36 bits per heavy atom. The molecule has 0 aliphatic carbocycles. The van der Waals surface area contributed by atoms with Crippen LogP contribution in [0.2, 0.25) is 0 Å². The van der Waals surface area contributed by atoms with E-state index < -0.39 is 0 Å². The van der Waals surface area contributed by atoms with Gasteiger partial charge in [0.2, 0.25) is 0 Å². The number of hydrogen-bond donors (Lipinski definition) is 0. The van der Waals surface area contributed by atoms with Crippen LogP contribution in [0.3, 0.4) is 0 Å². The van der Waals surface area contributed by atoms with E-state index in [4.69, 9.17) is 4.98 Å². The van der Waals surface area contributed by atoms with Crippen LogP contribution in [-0.4, -0.2) is 15.0 Å². The summed E-state index contributed by atoms with van der Waals surface area (Å²) in [4.78, 5) is 18.7. The van der Waals surface area contributed by atoms with Gasteiger partial charge in [-0.25, -0.2) is 0 Å². The van der Waals surface area contributed by atoms with Crippen LogP contribution in [0.4, 0.5) is 0 Å². The summed E-state index contributed by atoms with van der Waals surface area (Å²) in [6.45, 7) is 4.21. The summed E-state index contributed by atoms with van der Waals surface area (Å²) in [7, 11) is 0. The normalized spacial score (nSPS) is 11.2. The summed E-state index contributed by atoms with van der Waals surface area (Å²) in [5.74, 6) is 0. The molecule has 0 fully saturated rings. The van der Waals surface area contributed by atoms with Crippen molar-refractivity contribution < 1.29 is 0 Å². The fourth-order valence-electron chi connectivity index (χ4n) is 2.46. The first-order valence-corrected chi connectivity index (χ1v) is 8.59. The standard InChI is InChI=1S/C17H13N3S2/c1-10-3-5-13(21-10)12-9-20-16(14-6-4-11(2)22-14)17-15(12)18-7-8-19-17/h3-9H,1-2H3. The van der Waals surface area contributed by atoms with Gasteiger partial charge in [0.25, 0.3) is 0 Å². The largest absolute Gasteiger partial charge is 0.252 e. The molecule has 4 heterocycles. The van der Waals surface area contributed by atoms with Crippen molar-refractivity contribution in [3.05, 3.63) is 52.6 Å². The molecule has 4 aromatic heterocycles. The van der Waals surface area contributed by atoms with Gasteiger partial charge in [-0.2, -0.15) is 0 Å². The second-order valence-electron chi connectivity index (χ2n) is 5.09. The molecule has 0 aromatic carbocycles. The van der Waals surface area contributed by atoms with E-state index in [2.05, 4.69) is 48.1 Å². The monoisotopic (exact) mass is 323 g/mol. The van der Waals surface area contributed by atoms with Gasteiger partial charge in [-0.1, -0.05) is 0 Å². The zero-order valence-electron chi connectivity index (χ0n) is 12.2. The van der Waals surface area contributed by atoms with Gasteiger partial charge in [0, 0.05) is 38.8 Å². The Balaban J connectivity index is 1.99. The lowest BCUT2D eigenvalue weighted by molar-refractivity contribution is 1.26. The van der Waals surface area contributed by atoms with E-state index in [1.54, 1.807) is 35.1 Å². The van der Waals surface area contributed by atoms with E-state index in [0.717, 1.165) is 27.2 Å². The Labute approximate surface area is 136 Å². The number of thiophene rings is 2. The van der Waals surface area contributed by atoms with E-state index in [-0.39, 0.29) is 0 Å². The third kappa shape index (κ3) is 2.23. The maximum atomic E-state index is 4.69. The third-order valence-corrected chi connectivity index (χ3v) is 5.52. The Hall–Kier alpha value is -2.11. The van der Waals surface area contributed by atoms with Crippen LogP contribution < -0.4 is 0 Å². The van der Waals surface area contributed by atoms with Crippen molar-refractivity contribution in [2.24, 2.45) is 0 Å². The van der Waals surface area contributed by atoms with Crippen molar-refractivity contribution in [1.29, 1.82) is 0 Å². The first-order chi connectivity index (χ1) is 10.7. The number of hydrogen-bond acceptors (Lipinski definition) is 5. The molecular formula is C17H13N3S2. The van der Waals surface area contributed by atoms with E-state index in [0.29, 0.717) is 0 Å². The van der Waals surface area contributed by atoms with E-state index in [1.807, 2.05) is 6.20 Å². The quantitative estimate of drug-likeness (QED) is 0.515. The lowest BCUT2D eigenvalue weighted by Gasteiger charge is -2.06. The minimum Gasteiger partial charge on any atom is -0.252 e. The van der Waals surface area contributed by atoms with Crippen molar-refractivity contribution in [1.82, 2.24) is 15.0 Å². The van der Waals surface area contributed by atoms with Crippen LogP contribution in [0.25, 0.3) is 32.0 Å². The van der Waals surface area contributed by atoms with E-state index in [1.165, 1.54) is 14.6 Å². The number of aromatic nitrogens is 3. The molecule has 0 aliphatic heterocycles. The molecule has 0 spiro atoms. The highest BCUT2D eigenvalue weighted by Crippen LogP contribution is 2.36. The highest BCUT2D eigenvalue weighted by atomic mass is 32.1. The molecule has 108 valence electrons. The molecule has 0 aliphatic rings.